The summed E-state index contributed by atoms with van der Waals surface area (Å²) in [6.45, 7) is 3.77. The first-order valence-corrected chi connectivity index (χ1v) is 11.6. The predicted octanol–water partition coefficient (Wildman–Crippen LogP) is 5.25. The zero-order valence-corrected chi connectivity index (χ0v) is 18.7. The molecule has 0 aliphatic rings. The van der Waals surface area contributed by atoms with E-state index in [1.54, 1.807) is 18.2 Å². The Bertz CT molecular complexity index is 1160. The molecule has 0 aliphatic carbocycles. The van der Waals surface area contributed by atoms with E-state index >= 15 is 0 Å². The van der Waals surface area contributed by atoms with Gasteiger partial charge in [0.15, 0.2) is 6.10 Å². The topological polar surface area (TPSA) is 84.5 Å². The van der Waals surface area contributed by atoms with Gasteiger partial charge in [-0.2, -0.15) is 0 Å². The van der Waals surface area contributed by atoms with Crippen LogP contribution in [-0.4, -0.2) is 20.4 Å². The van der Waals surface area contributed by atoms with Crippen LogP contribution in [-0.2, 0) is 14.8 Å². The third-order valence-electron chi connectivity index (χ3n) is 4.54. The van der Waals surface area contributed by atoms with Crippen molar-refractivity contribution in [2.24, 2.45) is 0 Å². The summed E-state index contributed by atoms with van der Waals surface area (Å²) in [7, 11) is -3.79. The van der Waals surface area contributed by atoms with E-state index in [2.05, 4.69) is 10.0 Å². The highest BCUT2D eigenvalue weighted by atomic mass is 35.5. The molecule has 31 heavy (non-hydrogen) atoms. The molecule has 0 fully saturated rings. The van der Waals surface area contributed by atoms with Crippen LogP contribution in [0.3, 0.4) is 0 Å². The molecule has 3 rings (SSSR count). The molecule has 0 heterocycles. The molecule has 3 aromatic rings. The number of benzene rings is 3. The molecule has 0 unspecified atom stereocenters. The van der Waals surface area contributed by atoms with Gasteiger partial charge in [-0.3, -0.25) is 9.52 Å². The highest BCUT2D eigenvalue weighted by Crippen LogP contribution is 2.22. The molecule has 8 heteroatoms. The average molecular weight is 459 g/mol. The van der Waals surface area contributed by atoms with Gasteiger partial charge in [-0.15, -0.1) is 0 Å². The number of carbonyl (C=O) groups is 1. The smallest absolute Gasteiger partial charge is 0.265 e. The van der Waals surface area contributed by atoms with Gasteiger partial charge in [0.25, 0.3) is 15.9 Å². The molecule has 0 saturated carbocycles. The minimum Gasteiger partial charge on any atom is -0.480 e. The highest BCUT2D eigenvalue weighted by Gasteiger charge is 2.20. The summed E-state index contributed by atoms with van der Waals surface area (Å²) in [6.07, 6.45) is -0.190. The van der Waals surface area contributed by atoms with E-state index < -0.39 is 16.1 Å². The van der Waals surface area contributed by atoms with Crippen LogP contribution in [0.25, 0.3) is 0 Å². The maximum Gasteiger partial charge on any atom is 0.265 e. The van der Waals surface area contributed by atoms with E-state index in [-0.39, 0.29) is 10.8 Å². The van der Waals surface area contributed by atoms with Gasteiger partial charge < -0.3 is 10.1 Å². The van der Waals surface area contributed by atoms with Crippen LogP contribution in [0.1, 0.15) is 18.9 Å². The summed E-state index contributed by atoms with van der Waals surface area (Å²) < 4.78 is 33.5. The van der Waals surface area contributed by atoms with E-state index in [0.717, 1.165) is 5.56 Å². The van der Waals surface area contributed by atoms with E-state index in [0.29, 0.717) is 28.6 Å². The van der Waals surface area contributed by atoms with Crippen molar-refractivity contribution in [3.05, 3.63) is 83.4 Å². The minimum atomic E-state index is -3.79. The van der Waals surface area contributed by atoms with Crippen LogP contribution in [0, 0.1) is 6.92 Å². The van der Waals surface area contributed by atoms with Crippen LogP contribution >= 0.6 is 11.6 Å². The number of sulfonamides is 1. The number of halogens is 1. The van der Waals surface area contributed by atoms with Crippen molar-refractivity contribution in [1.82, 2.24) is 0 Å². The Labute approximate surface area is 187 Å². The number of aryl methyl sites for hydroxylation is 1. The van der Waals surface area contributed by atoms with Crippen LogP contribution < -0.4 is 14.8 Å². The Hall–Kier alpha value is -3.03. The molecule has 3 aromatic carbocycles. The van der Waals surface area contributed by atoms with Gasteiger partial charge >= 0.3 is 0 Å². The van der Waals surface area contributed by atoms with Gasteiger partial charge in [0.2, 0.25) is 0 Å². The molecule has 0 saturated heterocycles. The highest BCUT2D eigenvalue weighted by molar-refractivity contribution is 7.92. The summed E-state index contributed by atoms with van der Waals surface area (Å²) in [6, 6.07) is 19.8. The Kier molecular flexibility index (Phi) is 7.20. The fourth-order valence-electron chi connectivity index (χ4n) is 2.87. The fourth-order valence-corrected chi connectivity index (χ4v) is 4.11. The standard InChI is InChI=1S/C23H23ClN2O4S/c1-3-21(30-22-10-5-4-7-16(22)2)23(27)25-18-11-13-20(14-12-18)31(28,29)26-19-9-6-8-17(24)15-19/h4-15,21,26H,3H2,1-2H3,(H,25,27)/t21-/m0/s1. The molecular formula is C23H23ClN2O4S. The molecule has 162 valence electrons. The van der Waals surface area contributed by atoms with E-state index in [9.17, 15) is 13.2 Å². The summed E-state index contributed by atoms with van der Waals surface area (Å²) in [5, 5.41) is 3.20. The van der Waals surface area contributed by atoms with Crippen molar-refractivity contribution in [2.45, 2.75) is 31.3 Å². The Balaban J connectivity index is 1.67. The first-order valence-electron chi connectivity index (χ1n) is 9.70. The first-order chi connectivity index (χ1) is 14.8. The molecule has 2 N–H and O–H groups in total. The summed E-state index contributed by atoms with van der Waals surface area (Å²) in [4.78, 5) is 12.7. The zero-order chi connectivity index (χ0) is 22.4. The zero-order valence-electron chi connectivity index (χ0n) is 17.1. The third kappa shape index (κ3) is 5.99. The van der Waals surface area contributed by atoms with E-state index in [1.165, 1.54) is 30.3 Å². The van der Waals surface area contributed by atoms with E-state index in [4.69, 9.17) is 16.3 Å². The van der Waals surface area contributed by atoms with Gasteiger partial charge in [0.1, 0.15) is 5.75 Å². The normalized spacial score (nSPS) is 12.1. The lowest BCUT2D eigenvalue weighted by atomic mass is 10.2. The van der Waals surface area contributed by atoms with Crippen LogP contribution in [0.4, 0.5) is 11.4 Å². The maximum absolute atomic E-state index is 12.6. The largest absolute Gasteiger partial charge is 0.480 e. The van der Waals surface area contributed by atoms with E-state index in [1.807, 2.05) is 38.1 Å². The molecule has 0 bridgehead atoms. The van der Waals surface area contributed by atoms with Crippen molar-refractivity contribution in [3.8, 4) is 5.75 Å². The number of nitrogens with one attached hydrogen (secondary N) is 2. The number of hydrogen-bond donors (Lipinski definition) is 2. The quantitative estimate of drug-likeness (QED) is 0.483. The van der Waals surface area contributed by atoms with Crippen molar-refractivity contribution >= 4 is 38.9 Å². The van der Waals surface area contributed by atoms with Crippen LogP contribution in [0.2, 0.25) is 5.02 Å². The number of amides is 1. The van der Waals surface area contributed by atoms with Gasteiger partial charge in [0, 0.05) is 10.7 Å². The molecule has 1 atom stereocenters. The third-order valence-corrected chi connectivity index (χ3v) is 6.17. The van der Waals surface area contributed by atoms with Crippen molar-refractivity contribution in [3.63, 3.8) is 0 Å². The van der Waals surface area contributed by atoms with Crippen molar-refractivity contribution in [2.75, 3.05) is 10.0 Å². The molecular weight excluding hydrogens is 436 g/mol. The summed E-state index contributed by atoms with van der Waals surface area (Å²) >= 11 is 5.90. The number of para-hydroxylation sites is 1. The summed E-state index contributed by atoms with van der Waals surface area (Å²) in [5.74, 6) is 0.344. The maximum atomic E-state index is 12.6. The van der Waals surface area contributed by atoms with Gasteiger partial charge in [0.05, 0.1) is 10.6 Å². The second kappa shape index (κ2) is 9.85. The van der Waals surface area contributed by atoms with Crippen molar-refractivity contribution in [1.29, 1.82) is 0 Å². The molecule has 1 amide bonds. The molecule has 0 aromatic heterocycles. The van der Waals surface area contributed by atoms with Gasteiger partial charge in [-0.1, -0.05) is 42.8 Å². The SMILES string of the molecule is CC[C@H](Oc1ccccc1C)C(=O)Nc1ccc(S(=O)(=O)Nc2cccc(Cl)c2)cc1. The number of ether oxygens (including phenoxy) is 1. The summed E-state index contributed by atoms with van der Waals surface area (Å²) in [5.41, 5.74) is 1.78. The number of hydrogen-bond acceptors (Lipinski definition) is 4. The predicted molar refractivity (Wildman–Crippen MR) is 123 cm³/mol. The second-order valence-electron chi connectivity index (χ2n) is 6.91. The van der Waals surface area contributed by atoms with Gasteiger partial charge in [-0.25, -0.2) is 8.42 Å². The molecule has 0 spiro atoms. The average Bonchev–Trinajstić information content (AvgIpc) is 2.73. The van der Waals surface area contributed by atoms with Crippen LogP contribution in [0.15, 0.2) is 77.7 Å². The number of carbonyl (C=O) groups excluding carboxylic acids is 1. The van der Waals surface area contributed by atoms with Crippen molar-refractivity contribution < 1.29 is 17.9 Å². The lowest BCUT2D eigenvalue weighted by Crippen LogP contribution is -2.32. The van der Waals surface area contributed by atoms with Crippen LogP contribution in [0.5, 0.6) is 5.75 Å². The van der Waals surface area contributed by atoms with Gasteiger partial charge in [-0.05, 0) is 67.4 Å². The Morgan fingerprint density at radius 2 is 1.71 bits per heavy atom. The molecule has 0 radical (unpaired) electrons. The first kappa shape index (κ1) is 22.7. The Morgan fingerprint density at radius 3 is 2.35 bits per heavy atom. The second-order valence-corrected chi connectivity index (χ2v) is 9.03. The number of rotatable bonds is 8. The minimum absolute atomic E-state index is 0.0636. The lowest BCUT2D eigenvalue weighted by Gasteiger charge is -2.18. The number of anilines is 2. The molecule has 0 aliphatic heterocycles. The molecule has 6 nitrogen and oxygen atoms in total. The fraction of sp³-hybridized carbons (Fsp3) is 0.174. The Morgan fingerprint density at radius 1 is 1.00 bits per heavy atom. The monoisotopic (exact) mass is 458 g/mol. The lowest BCUT2D eigenvalue weighted by molar-refractivity contribution is -0.122.